The first-order valence-electron chi connectivity index (χ1n) is 9.41. The number of fused-ring (bicyclic) bond motifs is 1. The summed E-state index contributed by atoms with van der Waals surface area (Å²) in [6.07, 6.45) is 5.79. The summed E-state index contributed by atoms with van der Waals surface area (Å²) >= 11 is 1.57. The second-order valence-corrected chi connectivity index (χ2v) is 7.80. The van der Waals surface area contributed by atoms with Crippen LogP contribution >= 0.6 is 11.3 Å². The number of thiazole rings is 1. The van der Waals surface area contributed by atoms with Gasteiger partial charge in [0.15, 0.2) is 0 Å². The lowest BCUT2D eigenvalue weighted by atomic mass is 10.0. The van der Waals surface area contributed by atoms with Crippen molar-refractivity contribution in [2.24, 2.45) is 0 Å². The summed E-state index contributed by atoms with van der Waals surface area (Å²) in [4.78, 5) is 10.9. The lowest BCUT2D eigenvalue weighted by Gasteiger charge is -2.11. The molecule has 0 atom stereocenters. The molecule has 0 fully saturated rings. The Morgan fingerprint density at radius 3 is 2.69 bits per heavy atom. The maximum Gasteiger partial charge on any atom is 0.230 e. The fourth-order valence-electron chi connectivity index (χ4n) is 3.52. The van der Waals surface area contributed by atoms with Crippen molar-refractivity contribution in [3.8, 4) is 22.2 Å². The average molecular weight is 398 g/mol. The summed E-state index contributed by atoms with van der Waals surface area (Å²) in [5.74, 6) is 1.41. The Bertz CT molecular complexity index is 1170. The maximum absolute atomic E-state index is 6.08. The molecule has 0 aliphatic carbocycles. The molecule has 0 radical (unpaired) electrons. The van der Waals surface area contributed by atoms with Crippen LogP contribution in [0, 0.1) is 0 Å². The second-order valence-electron chi connectivity index (χ2n) is 6.94. The van der Waals surface area contributed by atoms with Crippen LogP contribution in [-0.4, -0.2) is 23.6 Å². The molecule has 1 aliphatic rings. The molecule has 0 N–H and O–H groups in total. The van der Waals surface area contributed by atoms with E-state index in [1.807, 2.05) is 29.6 Å². The molecular formula is C24H19N3OS. The van der Waals surface area contributed by atoms with Crippen molar-refractivity contribution < 1.29 is 4.74 Å². The molecule has 2 aromatic heterocycles. The number of benzene rings is 2. The number of hydrogen-bond donors (Lipinski definition) is 0. The number of ether oxygens (including phenoxy) is 1. The van der Waals surface area contributed by atoms with Gasteiger partial charge in [-0.25, -0.2) is 4.98 Å². The molecule has 0 bridgehead atoms. The lowest BCUT2D eigenvalue weighted by Crippen LogP contribution is -2.12. The first-order chi connectivity index (χ1) is 14.3. The van der Waals surface area contributed by atoms with Gasteiger partial charge >= 0.3 is 0 Å². The van der Waals surface area contributed by atoms with E-state index < -0.39 is 0 Å². The summed E-state index contributed by atoms with van der Waals surface area (Å²) in [5.41, 5.74) is 5.96. The van der Waals surface area contributed by atoms with E-state index >= 15 is 0 Å². The van der Waals surface area contributed by atoms with Crippen molar-refractivity contribution in [2.75, 3.05) is 18.5 Å². The highest BCUT2D eigenvalue weighted by Crippen LogP contribution is 2.39. The van der Waals surface area contributed by atoms with Crippen LogP contribution < -0.4 is 9.64 Å². The van der Waals surface area contributed by atoms with Crippen molar-refractivity contribution in [3.05, 3.63) is 89.6 Å². The van der Waals surface area contributed by atoms with Gasteiger partial charge in [0.25, 0.3) is 0 Å². The van der Waals surface area contributed by atoms with E-state index in [2.05, 4.69) is 64.4 Å². The molecule has 0 saturated carbocycles. The van der Waals surface area contributed by atoms with E-state index in [1.165, 1.54) is 22.4 Å². The third-order valence-corrected chi connectivity index (χ3v) is 5.78. The highest BCUT2D eigenvalue weighted by Gasteiger charge is 2.21. The van der Waals surface area contributed by atoms with Crippen molar-refractivity contribution in [3.63, 3.8) is 0 Å². The zero-order valence-electron chi connectivity index (χ0n) is 15.9. The monoisotopic (exact) mass is 397 g/mol. The van der Waals surface area contributed by atoms with Crippen LogP contribution in [0.15, 0.2) is 78.4 Å². The fourth-order valence-corrected chi connectivity index (χ4v) is 4.25. The molecule has 5 rings (SSSR count). The van der Waals surface area contributed by atoms with Crippen molar-refractivity contribution in [2.45, 2.75) is 0 Å². The normalized spacial score (nSPS) is 14.2. The molecule has 142 valence electrons. The predicted octanol–water partition coefficient (Wildman–Crippen LogP) is 5.99. The van der Waals surface area contributed by atoms with Gasteiger partial charge in [-0.1, -0.05) is 30.3 Å². The third-order valence-electron chi connectivity index (χ3n) is 4.91. The Labute approximate surface area is 173 Å². The first kappa shape index (κ1) is 17.6. The van der Waals surface area contributed by atoms with Gasteiger partial charge in [-0.2, -0.15) is 0 Å². The highest BCUT2D eigenvalue weighted by atomic mass is 32.1. The molecule has 0 amide bonds. The SMILES string of the molecule is CN1CC(=Cc2ccccc2)c2cc(Oc3csc(-c4ccncc4)n3)ccc21. The standard InChI is InChI=1S/C24H19N3OS/c1-27-15-19(13-17-5-3-2-4-6-17)21-14-20(7-8-22(21)27)28-23-16-29-24(26-23)18-9-11-25-12-10-18/h2-14,16H,15H2,1H3. The van der Waals surface area contributed by atoms with Crippen molar-refractivity contribution in [1.82, 2.24) is 9.97 Å². The van der Waals surface area contributed by atoms with E-state index in [1.54, 1.807) is 23.7 Å². The van der Waals surface area contributed by atoms with E-state index in [0.29, 0.717) is 5.88 Å². The minimum Gasteiger partial charge on any atom is -0.438 e. The lowest BCUT2D eigenvalue weighted by molar-refractivity contribution is 0.467. The molecule has 29 heavy (non-hydrogen) atoms. The van der Waals surface area contributed by atoms with E-state index in [0.717, 1.165) is 22.9 Å². The third kappa shape index (κ3) is 3.65. The first-order valence-corrected chi connectivity index (χ1v) is 10.3. The number of hydrogen-bond acceptors (Lipinski definition) is 5. The molecule has 2 aromatic carbocycles. The summed E-state index contributed by atoms with van der Waals surface area (Å²) in [6, 6.07) is 20.6. The van der Waals surface area contributed by atoms with Gasteiger partial charge < -0.3 is 9.64 Å². The Hall–Kier alpha value is -3.44. The number of rotatable bonds is 4. The van der Waals surface area contributed by atoms with Crippen LogP contribution in [0.5, 0.6) is 11.6 Å². The van der Waals surface area contributed by atoms with E-state index in [-0.39, 0.29) is 0 Å². The van der Waals surface area contributed by atoms with Gasteiger partial charge in [0.05, 0.1) is 5.38 Å². The zero-order valence-corrected chi connectivity index (χ0v) is 16.8. The van der Waals surface area contributed by atoms with Crippen LogP contribution in [0.2, 0.25) is 0 Å². The molecule has 4 aromatic rings. The average Bonchev–Trinajstić information content (AvgIpc) is 3.34. The van der Waals surface area contributed by atoms with Crippen molar-refractivity contribution >= 4 is 28.7 Å². The van der Waals surface area contributed by atoms with Crippen molar-refractivity contribution in [1.29, 1.82) is 0 Å². The molecule has 4 nitrogen and oxygen atoms in total. The Morgan fingerprint density at radius 2 is 1.86 bits per heavy atom. The quantitative estimate of drug-likeness (QED) is 0.424. The van der Waals surface area contributed by atoms with Gasteiger partial charge in [-0.05, 0) is 47.5 Å². The molecule has 3 heterocycles. The summed E-state index contributed by atoms with van der Waals surface area (Å²) in [7, 11) is 2.12. The summed E-state index contributed by atoms with van der Waals surface area (Å²) < 4.78 is 6.08. The molecule has 0 spiro atoms. The minimum atomic E-state index is 0.613. The molecule has 5 heteroatoms. The molecular weight excluding hydrogens is 378 g/mol. The number of pyridine rings is 1. The van der Waals surface area contributed by atoms with Crippen LogP contribution in [0.1, 0.15) is 11.1 Å². The van der Waals surface area contributed by atoms with Crippen LogP contribution in [0.3, 0.4) is 0 Å². The molecule has 0 saturated heterocycles. The number of aromatic nitrogens is 2. The number of nitrogens with zero attached hydrogens (tertiary/aromatic N) is 3. The molecule has 1 aliphatic heterocycles. The zero-order chi connectivity index (χ0) is 19.6. The van der Waals surface area contributed by atoms with Gasteiger partial charge in [0.2, 0.25) is 5.88 Å². The van der Waals surface area contributed by atoms with E-state index in [4.69, 9.17) is 4.74 Å². The van der Waals surface area contributed by atoms with Gasteiger partial charge in [0, 0.05) is 42.8 Å². The van der Waals surface area contributed by atoms with E-state index in [9.17, 15) is 0 Å². The van der Waals surface area contributed by atoms with Crippen LogP contribution in [0.25, 0.3) is 22.2 Å². The predicted molar refractivity (Wildman–Crippen MR) is 119 cm³/mol. The Kier molecular flexibility index (Phi) is 4.58. The Balaban J connectivity index is 1.43. The topological polar surface area (TPSA) is 38.2 Å². The summed E-state index contributed by atoms with van der Waals surface area (Å²) in [6.45, 7) is 0.885. The highest BCUT2D eigenvalue weighted by molar-refractivity contribution is 7.13. The largest absolute Gasteiger partial charge is 0.438 e. The van der Waals surface area contributed by atoms with Crippen LogP contribution in [-0.2, 0) is 0 Å². The Morgan fingerprint density at radius 1 is 1.03 bits per heavy atom. The maximum atomic E-state index is 6.08. The van der Waals surface area contributed by atoms with Gasteiger partial charge in [-0.15, -0.1) is 11.3 Å². The number of anilines is 1. The van der Waals surface area contributed by atoms with Gasteiger partial charge in [-0.3, -0.25) is 4.98 Å². The second kappa shape index (κ2) is 7.53. The van der Waals surface area contributed by atoms with Gasteiger partial charge in [0.1, 0.15) is 10.8 Å². The minimum absolute atomic E-state index is 0.613. The number of likely N-dealkylation sites (N-methyl/N-ethyl adjacent to an activating group) is 1. The summed E-state index contributed by atoms with van der Waals surface area (Å²) in [5, 5.41) is 2.86. The van der Waals surface area contributed by atoms with Crippen LogP contribution in [0.4, 0.5) is 5.69 Å². The smallest absolute Gasteiger partial charge is 0.230 e. The fraction of sp³-hybridized carbons (Fsp3) is 0.0833. The molecule has 0 unspecified atom stereocenters.